The molecule has 0 heterocycles. The Morgan fingerprint density at radius 1 is 1.04 bits per heavy atom. The second-order valence-corrected chi connectivity index (χ2v) is 6.78. The Hall–Kier alpha value is -1.91. The van der Waals surface area contributed by atoms with Gasteiger partial charge < -0.3 is 14.6 Å². The summed E-state index contributed by atoms with van der Waals surface area (Å²) in [5.74, 6) is -0.408. The van der Waals surface area contributed by atoms with Crippen LogP contribution >= 0.6 is 23.2 Å². The lowest BCUT2D eigenvalue weighted by Crippen LogP contribution is -2.07. The molecule has 134 valence electrons. The standard InChI is InChI=1S/C19H20Cl2O4/c1-11(2)25-18-6-4-13(8-15(18)20)10-24-17-7-5-14(9-16(17)21)12(3)19(22)23/h4-9,11-12H,10H2,1-3H3,(H,22,23)/t12-/m1/s1. The molecule has 0 bridgehead atoms. The van der Waals surface area contributed by atoms with Crippen LogP contribution in [0.25, 0.3) is 0 Å². The van der Waals surface area contributed by atoms with Gasteiger partial charge in [-0.2, -0.15) is 0 Å². The van der Waals surface area contributed by atoms with E-state index in [-0.39, 0.29) is 12.7 Å². The van der Waals surface area contributed by atoms with E-state index in [1.54, 1.807) is 37.3 Å². The van der Waals surface area contributed by atoms with Crippen LogP contribution in [0.2, 0.25) is 10.0 Å². The number of carbonyl (C=O) groups is 1. The molecular weight excluding hydrogens is 363 g/mol. The Bertz CT molecular complexity index is 759. The van der Waals surface area contributed by atoms with E-state index in [2.05, 4.69) is 0 Å². The predicted octanol–water partition coefficient (Wildman–Crippen LogP) is 5.55. The molecule has 0 aliphatic heterocycles. The first-order chi connectivity index (χ1) is 11.8. The van der Waals surface area contributed by atoms with Crippen molar-refractivity contribution in [2.45, 2.75) is 39.4 Å². The highest BCUT2D eigenvalue weighted by molar-refractivity contribution is 6.32. The highest BCUT2D eigenvalue weighted by Gasteiger charge is 2.15. The van der Waals surface area contributed by atoms with Crippen molar-refractivity contribution in [3.05, 3.63) is 57.6 Å². The summed E-state index contributed by atoms with van der Waals surface area (Å²) >= 11 is 12.4. The average molecular weight is 383 g/mol. The van der Waals surface area contributed by atoms with Gasteiger partial charge in [-0.3, -0.25) is 4.79 Å². The first kappa shape index (κ1) is 19.4. The minimum Gasteiger partial charge on any atom is -0.489 e. The number of hydrogen-bond donors (Lipinski definition) is 1. The Balaban J connectivity index is 2.06. The molecule has 0 saturated heterocycles. The van der Waals surface area contributed by atoms with Crippen LogP contribution in [0.15, 0.2) is 36.4 Å². The third kappa shape index (κ3) is 5.28. The van der Waals surface area contributed by atoms with E-state index < -0.39 is 11.9 Å². The van der Waals surface area contributed by atoms with Gasteiger partial charge in [-0.15, -0.1) is 0 Å². The molecule has 2 aromatic rings. The van der Waals surface area contributed by atoms with E-state index in [4.69, 9.17) is 37.8 Å². The maximum absolute atomic E-state index is 11.0. The van der Waals surface area contributed by atoms with Crippen molar-refractivity contribution in [2.24, 2.45) is 0 Å². The van der Waals surface area contributed by atoms with E-state index in [1.807, 2.05) is 19.9 Å². The third-order valence-corrected chi connectivity index (χ3v) is 4.17. The molecule has 2 rings (SSSR count). The normalized spacial score (nSPS) is 12.1. The molecule has 0 aromatic heterocycles. The van der Waals surface area contributed by atoms with Crippen LogP contribution in [-0.2, 0) is 11.4 Å². The SMILES string of the molecule is CC(C)Oc1ccc(COc2ccc([C@@H](C)C(=O)O)cc2Cl)cc1Cl. The fraction of sp³-hybridized carbons (Fsp3) is 0.316. The van der Waals surface area contributed by atoms with Crippen molar-refractivity contribution in [2.75, 3.05) is 0 Å². The fourth-order valence-corrected chi connectivity index (χ4v) is 2.68. The van der Waals surface area contributed by atoms with Crippen molar-refractivity contribution < 1.29 is 19.4 Å². The number of carboxylic acids is 1. The van der Waals surface area contributed by atoms with Gasteiger partial charge in [0.2, 0.25) is 0 Å². The summed E-state index contributed by atoms with van der Waals surface area (Å²) < 4.78 is 11.3. The summed E-state index contributed by atoms with van der Waals surface area (Å²) in [6.07, 6.45) is 0.0464. The van der Waals surface area contributed by atoms with Crippen LogP contribution in [0.4, 0.5) is 0 Å². The summed E-state index contributed by atoms with van der Waals surface area (Å²) in [6, 6.07) is 10.5. The van der Waals surface area contributed by atoms with Gasteiger partial charge in [0, 0.05) is 0 Å². The van der Waals surface area contributed by atoms with Gasteiger partial charge in [-0.1, -0.05) is 35.3 Å². The molecule has 0 aliphatic carbocycles. The molecule has 0 fully saturated rings. The van der Waals surface area contributed by atoms with Crippen LogP contribution < -0.4 is 9.47 Å². The number of halogens is 2. The lowest BCUT2D eigenvalue weighted by Gasteiger charge is -2.14. The lowest BCUT2D eigenvalue weighted by molar-refractivity contribution is -0.138. The van der Waals surface area contributed by atoms with Crippen molar-refractivity contribution in [1.82, 2.24) is 0 Å². The summed E-state index contributed by atoms with van der Waals surface area (Å²) in [6.45, 7) is 5.76. The average Bonchev–Trinajstić information content (AvgIpc) is 2.54. The monoisotopic (exact) mass is 382 g/mol. The van der Waals surface area contributed by atoms with E-state index in [0.717, 1.165) is 5.56 Å². The highest BCUT2D eigenvalue weighted by atomic mass is 35.5. The van der Waals surface area contributed by atoms with Crippen LogP contribution in [0.1, 0.15) is 37.8 Å². The third-order valence-electron chi connectivity index (χ3n) is 3.58. The zero-order valence-electron chi connectivity index (χ0n) is 14.3. The topological polar surface area (TPSA) is 55.8 Å². The molecule has 2 aromatic carbocycles. The molecule has 0 unspecified atom stereocenters. The van der Waals surface area contributed by atoms with Crippen LogP contribution in [0.3, 0.4) is 0 Å². The quantitative estimate of drug-likeness (QED) is 0.681. The number of ether oxygens (including phenoxy) is 2. The Kier molecular flexibility index (Phi) is 6.57. The first-order valence-corrected chi connectivity index (χ1v) is 8.63. The minimum absolute atomic E-state index is 0.0464. The van der Waals surface area contributed by atoms with Gasteiger partial charge in [0.1, 0.15) is 18.1 Å². The molecule has 0 aliphatic rings. The molecule has 6 heteroatoms. The maximum Gasteiger partial charge on any atom is 0.310 e. The van der Waals surface area contributed by atoms with Gasteiger partial charge in [0.05, 0.1) is 22.1 Å². The van der Waals surface area contributed by atoms with Crippen LogP contribution in [0.5, 0.6) is 11.5 Å². The Morgan fingerprint density at radius 3 is 2.24 bits per heavy atom. The minimum atomic E-state index is -0.900. The second-order valence-electron chi connectivity index (χ2n) is 5.97. The number of hydrogen-bond acceptors (Lipinski definition) is 3. The lowest BCUT2D eigenvalue weighted by atomic mass is 10.0. The van der Waals surface area contributed by atoms with Gasteiger partial charge >= 0.3 is 5.97 Å². The number of benzene rings is 2. The molecule has 0 radical (unpaired) electrons. The number of carboxylic acid groups (broad SMARTS) is 1. The van der Waals surface area contributed by atoms with Gasteiger partial charge in [-0.25, -0.2) is 0 Å². The number of rotatable bonds is 7. The van der Waals surface area contributed by atoms with Crippen molar-refractivity contribution in [1.29, 1.82) is 0 Å². The van der Waals surface area contributed by atoms with Gasteiger partial charge in [0.25, 0.3) is 0 Å². The summed E-state index contributed by atoms with van der Waals surface area (Å²) in [7, 11) is 0. The molecule has 1 N–H and O–H groups in total. The predicted molar refractivity (Wildman–Crippen MR) is 99.1 cm³/mol. The molecule has 1 atom stereocenters. The zero-order chi connectivity index (χ0) is 18.6. The van der Waals surface area contributed by atoms with Crippen LogP contribution in [0, 0.1) is 0 Å². The van der Waals surface area contributed by atoms with Crippen molar-refractivity contribution >= 4 is 29.2 Å². The van der Waals surface area contributed by atoms with E-state index in [0.29, 0.717) is 27.1 Å². The summed E-state index contributed by atoms with van der Waals surface area (Å²) in [4.78, 5) is 11.0. The smallest absolute Gasteiger partial charge is 0.310 e. The van der Waals surface area contributed by atoms with E-state index in [1.165, 1.54) is 0 Å². The zero-order valence-corrected chi connectivity index (χ0v) is 15.8. The fourth-order valence-electron chi connectivity index (χ4n) is 2.19. The molecule has 0 saturated carbocycles. The van der Waals surface area contributed by atoms with Crippen molar-refractivity contribution in [3.8, 4) is 11.5 Å². The van der Waals surface area contributed by atoms with Crippen molar-refractivity contribution in [3.63, 3.8) is 0 Å². The van der Waals surface area contributed by atoms with Crippen LogP contribution in [-0.4, -0.2) is 17.2 Å². The highest BCUT2D eigenvalue weighted by Crippen LogP contribution is 2.31. The largest absolute Gasteiger partial charge is 0.489 e. The second kappa shape index (κ2) is 8.45. The Morgan fingerprint density at radius 2 is 1.68 bits per heavy atom. The Labute approximate surface area is 157 Å². The molecule has 0 amide bonds. The maximum atomic E-state index is 11.0. The van der Waals surface area contributed by atoms with Gasteiger partial charge in [-0.05, 0) is 56.2 Å². The number of aliphatic carboxylic acids is 1. The summed E-state index contributed by atoms with van der Waals surface area (Å²) in [5.41, 5.74) is 1.50. The van der Waals surface area contributed by atoms with Gasteiger partial charge in [0.15, 0.2) is 0 Å². The molecule has 4 nitrogen and oxygen atoms in total. The van der Waals surface area contributed by atoms with E-state index in [9.17, 15) is 4.79 Å². The first-order valence-electron chi connectivity index (χ1n) is 7.88. The molecular formula is C19H20Cl2O4. The molecule has 25 heavy (non-hydrogen) atoms. The van der Waals surface area contributed by atoms with E-state index >= 15 is 0 Å². The summed E-state index contributed by atoms with van der Waals surface area (Å²) in [5, 5.41) is 9.95. The molecule has 0 spiro atoms.